The first kappa shape index (κ1) is 16.0. The van der Waals surface area contributed by atoms with Gasteiger partial charge < -0.3 is 0 Å². The maximum atomic E-state index is 5.89. The fourth-order valence-electron chi connectivity index (χ4n) is 2.66. The SMILES string of the molecule is Cc1ccc(CN2CCN(N=Cc3ccc(Cl)cc3)CC2)cc1. The number of halogens is 1. The third-order valence-electron chi connectivity index (χ3n) is 4.12. The summed E-state index contributed by atoms with van der Waals surface area (Å²) in [5.74, 6) is 0. The zero-order chi connectivity index (χ0) is 16.1. The summed E-state index contributed by atoms with van der Waals surface area (Å²) in [6.07, 6.45) is 1.91. The van der Waals surface area contributed by atoms with E-state index in [1.54, 1.807) is 0 Å². The van der Waals surface area contributed by atoms with Crippen LogP contribution in [-0.4, -0.2) is 42.3 Å². The average molecular weight is 328 g/mol. The van der Waals surface area contributed by atoms with Crippen LogP contribution in [0.3, 0.4) is 0 Å². The van der Waals surface area contributed by atoms with E-state index in [4.69, 9.17) is 11.6 Å². The van der Waals surface area contributed by atoms with Gasteiger partial charge in [-0.1, -0.05) is 53.6 Å². The molecule has 0 unspecified atom stereocenters. The van der Waals surface area contributed by atoms with Crippen molar-refractivity contribution in [2.75, 3.05) is 26.2 Å². The molecule has 1 fully saturated rings. The molecule has 0 bridgehead atoms. The molecule has 0 aliphatic carbocycles. The molecule has 3 rings (SSSR count). The van der Waals surface area contributed by atoms with Gasteiger partial charge in [0.25, 0.3) is 0 Å². The number of benzene rings is 2. The smallest absolute Gasteiger partial charge is 0.0542 e. The van der Waals surface area contributed by atoms with E-state index in [1.807, 2.05) is 30.5 Å². The van der Waals surface area contributed by atoms with Crippen molar-refractivity contribution in [2.24, 2.45) is 5.10 Å². The zero-order valence-corrected chi connectivity index (χ0v) is 14.2. The lowest BCUT2D eigenvalue weighted by Gasteiger charge is -2.33. The second-order valence-electron chi connectivity index (χ2n) is 6.01. The normalized spacial score (nSPS) is 16.2. The van der Waals surface area contributed by atoms with E-state index in [1.165, 1.54) is 11.1 Å². The van der Waals surface area contributed by atoms with Gasteiger partial charge in [-0.05, 0) is 30.2 Å². The largest absolute Gasteiger partial charge is 0.295 e. The maximum Gasteiger partial charge on any atom is 0.0542 e. The summed E-state index contributed by atoms with van der Waals surface area (Å²) < 4.78 is 0. The van der Waals surface area contributed by atoms with Crippen molar-refractivity contribution >= 4 is 17.8 Å². The van der Waals surface area contributed by atoms with Crippen molar-refractivity contribution in [1.82, 2.24) is 9.91 Å². The first-order valence-electron chi connectivity index (χ1n) is 8.01. The average Bonchev–Trinajstić information content (AvgIpc) is 2.58. The van der Waals surface area contributed by atoms with Gasteiger partial charge in [0.2, 0.25) is 0 Å². The molecule has 3 nitrogen and oxygen atoms in total. The lowest BCUT2D eigenvalue weighted by Crippen LogP contribution is -2.43. The molecular weight excluding hydrogens is 306 g/mol. The molecule has 0 spiro atoms. The summed E-state index contributed by atoms with van der Waals surface area (Å²) in [5.41, 5.74) is 3.78. The fourth-order valence-corrected chi connectivity index (χ4v) is 2.79. The highest BCUT2D eigenvalue weighted by Crippen LogP contribution is 2.11. The third-order valence-corrected chi connectivity index (χ3v) is 4.37. The molecule has 1 aliphatic rings. The summed E-state index contributed by atoms with van der Waals surface area (Å²) in [5, 5.41) is 7.47. The van der Waals surface area contributed by atoms with Crippen molar-refractivity contribution in [3.8, 4) is 0 Å². The lowest BCUT2D eigenvalue weighted by atomic mass is 10.1. The summed E-state index contributed by atoms with van der Waals surface area (Å²) in [6, 6.07) is 16.6. The van der Waals surface area contributed by atoms with Crippen molar-refractivity contribution in [3.05, 3.63) is 70.2 Å². The van der Waals surface area contributed by atoms with Gasteiger partial charge in [0, 0.05) is 37.7 Å². The predicted molar refractivity (Wildman–Crippen MR) is 97.1 cm³/mol. The second kappa shape index (κ2) is 7.62. The number of aryl methyl sites for hydroxylation is 1. The van der Waals surface area contributed by atoms with Gasteiger partial charge in [0.1, 0.15) is 0 Å². The van der Waals surface area contributed by atoms with Crippen LogP contribution in [0.4, 0.5) is 0 Å². The molecule has 1 heterocycles. The Morgan fingerprint density at radius 2 is 1.61 bits per heavy atom. The molecule has 1 aliphatic heterocycles. The van der Waals surface area contributed by atoms with E-state index in [9.17, 15) is 0 Å². The van der Waals surface area contributed by atoms with Gasteiger partial charge in [-0.3, -0.25) is 9.91 Å². The first-order valence-corrected chi connectivity index (χ1v) is 8.39. The van der Waals surface area contributed by atoms with E-state index in [0.717, 1.165) is 43.3 Å². The highest BCUT2D eigenvalue weighted by molar-refractivity contribution is 6.30. The van der Waals surface area contributed by atoms with Crippen molar-refractivity contribution < 1.29 is 0 Å². The molecule has 2 aromatic rings. The predicted octanol–water partition coefficient (Wildman–Crippen LogP) is 3.80. The molecule has 120 valence electrons. The van der Waals surface area contributed by atoms with Crippen LogP contribution >= 0.6 is 11.6 Å². The highest BCUT2D eigenvalue weighted by Gasteiger charge is 2.15. The van der Waals surface area contributed by atoms with Gasteiger partial charge >= 0.3 is 0 Å². The number of piperazine rings is 1. The van der Waals surface area contributed by atoms with Gasteiger partial charge in [0.15, 0.2) is 0 Å². The molecule has 2 aromatic carbocycles. The molecule has 1 saturated heterocycles. The minimum atomic E-state index is 0.756. The summed E-state index contributed by atoms with van der Waals surface area (Å²) >= 11 is 5.89. The Morgan fingerprint density at radius 3 is 2.26 bits per heavy atom. The van der Waals surface area contributed by atoms with Gasteiger partial charge in [-0.15, -0.1) is 0 Å². The fraction of sp³-hybridized carbons (Fsp3) is 0.316. The van der Waals surface area contributed by atoms with E-state index >= 15 is 0 Å². The number of hydrogen-bond acceptors (Lipinski definition) is 3. The molecular formula is C19H22ClN3. The van der Waals surface area contributed by atoms with Crippen molar-refractivity contribution in [1.29, 1.82) is 0 Å². The molecule has 4 heteroatoms. The Bertz CT molecular complexity index is 641. The van der Waals surface area contributed by atoms with E-state index in [0.29, 0.717) is 0 Å². The second-order valence-corrected chi connectivity index (χ2v) is 6.45. The van der Waals surface area contributed by atoms with Crippen LogP contribution in [0, 0.1) is 6.92 Å². The van der Waals surface area contributed by atoms with Gasteiger partial charge in [0.05, 0.1) is 6.21 Å². The quantitative estimate of drug-likeness (QED) is 0.795. The van der Waals surface area contributed by atoms with Gasteiger partial charge in [-0.25, -0.2) is 0 Å². The molecule has 0 atom stereocenters. The number of hydrogen-bond donors (Lipinski definition) is 0. The Morgan fingerprint density at radius 1 is 0.957 bits per heavy atom. The van der Waals surface area contributed by atoms with E-state index in [2.05, 4.69) is 46.2 Å². The minimum Gasteiger partial charge on any atom is -0.295 e. The van der Waals surface area contributed by atoms with E-state index in [-0.39, 0.29) is 0 Å². The number of hydrazone groups is 1. The Kier molecular flexibility index (Phi) is 5.31. The standard InChI is InChI=1S/C19H22ClN3/c1-16-2-4-18(5-3-16)15-22-10-12-23(13-11-22)21-14-17-6-8-19(20)9-7-17/h2-9,14H,10-13,15H2,1H3. The van der Waals surface area contributed by atoms with Crippen LogP contribution in [-0.2, 0) is 6.54 Å². The van der Waals surface area contributed by atoms with Gasteiger partial charge in [-0.2, -0.15) is 5.10 Å². The summed E-state index contributed by atoms with van der Waals surface area (Å²) in [6.45, 7) is 7.18. The highest BCUT2D eigenvalue weighted by atomic mass is 35.5. The van der Waals surface area contributed by atoms with Crippen LogP contribution in [0.5, 0.6) is 0 Å². The van der Waals surface area contributed by atoms with Crippen LogP contribution in [0.1, 0.15) is 16.7 Å². The minimum absolute atomic E-state index is 0.756. The molecule has 0 aromatic heterocycles. The number of rotatable bonds is 4. The molecule has 0 amide bonds. The monoisotopic (exact) mass is 327 g/mol. The molecule has 23 heavy (non-hydrogen) atoms. The topological polar surface area (TPSA) is 18.8 Å². The Labute approximate surface area is 143 Å². The van der Waals surface area contributed by atoms with Crippen LogP contribution in [0.2, 0.25) is 5.02 Å². The molecule has 0 N–H and O–H groups in total. The molecule has 0 saturated carbocycles. The summed E-state index contributed by atoms with van der Waals surface area (Å²) in [4.78, 5) is 2.49. The lowest BCUT2D eigenvalue weighted by molar-refractivity contribution is 0.131. The van der Waals surface area contributed by atoms with Crippen LogP contribution in [0.15, 0.2) is 53.6 Å². The Hall–Kier alpha value is -1.84. The van der Waals surface area contributed by atoms with Crippen LogP contribution < -0.4 is 0 Å². The van der Waals surface area contributed by atoms with Crippen molar-refractivity contribution in [2.45, 2.75) is 13.5 Å². The number of nitrogens with zero attached hydrogens (tertiary/aromatic N) is 3. The third kappa shape index (κ3) is 4.81. The summed E-state index contributed by atoms with van der Waals surface area (Å²) in [7, 11) is 0. The Balaban J connectivity index is 1.48. The first-order chi connectivity index (χ1) is 11.2. The van der Waals surface area contributed by atoms with Crippen LogP contribution in [0.25, 0.3) is 0 Å². The zero-order valence-electron chi connectivity index (χ0n) is 13.5. The van der Waals surface area contributed by atoms with E-state index < -0.39 is 0 Å². The maximum absolute atomic E-state index is 5.89. The molecule has 0 radical (unpaired) electrons. The van der Waals surface area contributed by atoms with Crippen molar-refractivity contribution in [3.63, 3.8) is 0 Å².